The molecule has 174 valence electrons. The second kappa shape index (κ2) is 10.1. The van der Waals surface area contributed by atoms with E-state index in [4.69, 9.17) is 0 Å². The van der Waals surface area contributed by atoms with Crippen molar-refractivity contribution in [2.75, 3.05) is 10.8 Å². The summed E-state index contributed by atoms with van der Waals surface area (Å²) in [6.45, 7) is 9.58. The van der Waals surface area contributed by atoms with Gasteiger partial charge in [-0.15, -0.1) is 0 Å². The van der Waals surface area contributed by atoms with E-state index in [1.807, 2.05) is 33.8 Å². The number of benzene rings is 3. The number of nitrogens with one attached hydrogen (secondary N) is 1. The first kappa shape index (κ1) is 25.0. The zero-order valence-corrected chi connectivity index (χ0v) is 21.9. The van der Waals surface area contributed by atoms with Crippen LogP contribution in [0, 0.1) is 27.7 Å². The molecule has 0 unspecified atom stereocenters. The molecule has 0 spiro atoms. The lowest BCUT2D eigenvalue weighted by Gasteiger charge is -2.26. The molecule has 7 heteroatoms. The summed E-state index contributed by atoms with van der Waals surface area (Å²) < 4.78 is 28.9. The van der Waals surface area contributed by atoms with Gasteiger partial charge in [0.15, 0.2) is 0 Å². The molecular weight excluding hydrogens is 500 g/mol. The summed E-state index contributed by atoms with van der Waals surface area (Å²) in [4.78, 5) is 13.2. The molecule has 0 bridgehead atoms. The second-order valence-electron chi connectivity index (χ2n) is 8.39. The molecule has 0 aliphatic rings. The molecular formula is C26H29BrN2O3S. The van der Waals surface area contributed by atoms with Crippen LogP contribution in [0.5, 0.6) is 0 Å². The number of hydrogen-bond acceptors (Lipinski definition) is 3. The van der Waals surface area contributed by atoms with Crippen molar-refractivity contribution in [1.29, 1.82) is 0 Å². The Morgan fingerprint density at radius 1 is 0.939 bits per heavy atom. The molecule has 1 N–H and O–H groups in total. The number of aryl methyl sites for hydroxylation is 4. The number of carbonyl (C=O) groups excluding carboxylic acids is 1. The van der Waals surface area contributed by atoms with E-state index >= 15 is 0 Å². The quantitative estimate of drug-likeness (QED) is 0.424. The highest BCUT2D eigenvalue weighted by Gasteiger charge is 2.28. The highest BCUT2D eigenvalue weighted by molar-refractivity contribution is 9.10. The molecule has 3 aromatic rings. The third kappa shape index (κ3) is 5.84. The molecule has 3 aromatic carbocycles. The van der Waals surface area contributed by atoms with E-state index < -0.39 is 10.0 Å². The number of carbonyl (C=O) groups is 1. The van der Waals surface area contributed by atoms with Crippen LogP contribution in [0.25, 0.3) is 0 Å². The monoisotopic (exact) mass is 528 g/mol. The van der Waals surface area contributed by atoms with Crippen LogP contribution in [-0.4, -0.2) is 20.9 Å². The fourth-order valence-corrected chi connectivity index (χ4v) is 5.53. The first-order valence-electron chi connectivity index (χ1n) is 10.7. The van der Waals surface area contributed by atoms with Gasteiger partial charge >= 0.3 is 0 Å². The number of rotatable bonds is 7. The Labute approximate surface area is 205 Å². The fraction of sp³-hybridized carbons (Fsp3) is 0.269. The number of nitrogens with zero attached hydrogens (tertiary/aromatic N) is 1. The Hall–Kier alpha value is -2.64. The van der Waals surface area contributed by atoms with Crippen molar-refractivity contribution in [3.05, 3.63) is 93.0 Å². The number of amides is 1. The third-order valence-electron chi connectivity index (χ3n) is 5.72. The van der Waals surface area contributed by atoms with E-state index in [1.54, 1.807) is 42.5 Å². The molecule has 0 fully saturated rings. The van der Waals surface area contributed by atoms with Gasteiger partial charge in [-0.1, -0.05) is 51.8 Å². The summed E-state index contributed by atoms with van der Waals surface area (Å²) in [5.74, 6) is -0.379. The highest BCUT2D eigenvalue weighted by Crippen LogP contribution is 2.27. The van der Waals surface area contributed by atoms with Crippen LogP contribution in [-0.2, 0) is 14.8 Å². The van der Waals surface area contributed by atoms with Gasteiger partial charge in [0.2, 0.25) is 5.91 Å². The number of sulfonamides is 1. The first-order valence-corrected chi connectivity index (χ1v) is 12.9. The van der Waals surface area contributed by atoms with Gasteiger partial charge in [0, 0.05) is 4.47 Å². The maximum atomic E-state index is 13.5. The SMILES string of the molecule is Cc1ccc(S(=O)(=O)N(CC(=O)N[C@H](C)c2cc(C)c(C)cc2C)c2cccc(Br)c2)cc1. The molecule has 1 atom stereocenters. The second-order valence-corrected chi connectivity index (χ2v) is 11.2. The molecule has 0 aliphatic carbocycles. The topological polar surface area (TPSA) is 66.5 Å². The number of anilines is 1. The van der Waals surface area contributed by atoms with Crippen LogP contribution in [0.2, 0.25) is 0 Å². The molecule has 0 aromatic heterocycles. The van der Waals surface area contributed by atoms with Crippen molar-refractivity contribution in [2.24, 2.45) is 0 Å². The van der Waals surface area contributed by atoms with Crippen LogP contribution in [0.1, 0.15) is 40.8 Å². The van der Waals surface area contributed by atoms with Crippen molar-refractivity contribution >= 4 is 37.5 Å². The lowest BCUT2D eigenvalue weighted by molar-refractivity contribution is -0.120. The minimum Gasteiger partial charge on any atom is -0.348 e. The van der Waals surface area contributed by atoms with E-state index in [-0.39, 0.29) is 23.4 Å². The van der Waals surface area contributed by atoms with Gasteiger partial charge in [-0.05, 0) is 87.2 Å². The molecule has 33 heavy (non-hydrogen) atoms. The van der Waals surface area contributed by atoms with Crippen molar-refractivity contribution in [2.45, 2.75) is 45.6 Å². The van der Waals surface area contributed by atoms with E-state index in [9.17, 15) is 13.2 Å². The van der Waals surface area contributed by atoms with E-state index in [0.717, 1.165) is 31.0 Å². The maximum absolute atomic E-state index is 13.5. The van der Waals surface area contributed by atoms with Crippen molar-refractivity contribution in [3.8, 4) is 0 Å². The van der Waals surface area contributed by atoms with Crippen LogP contribution in [0.4, 0.5) is 5.69 Å². The minimum absolute atomic E-state index is 0.138. The van der Waals surface area contributed by atoms with E-state index in [0.29, 0.717) is 5.69 Å². The van der Waals surface area contributed by atoms with Gasteiger partial charge in [-0.2, -0.15) is 0 Å². The average molecular weight is 530 g/mol. The van der Waals surface area contributed by atoms with Crippen LogP contribution < -0.4 is 9.62 Å². The molecule has 0 radical (unpaired) electrons. The standard InChI is InChI=1S/C26H29BrN2O3S/c1-17-9-11-24(12-10-17)33(31,32)29(23-8-6-7-22(27)15-23)16-26(30)28-21(5)25-14-19(3)18(2)13-20(25)4/h6-15,21H,16H2,1-5H3,(H,28,30)/t21-/m1/s1. The lowest BCUT2D eigenvalue weighted by Crippen LogP contribution is -2.41. The van der Waals surface area contributed by atoms with Crippen molar-refractivity contribution in [3.63, 3.8) is 0 Å². The van der Waals surface area contributed by atoms with Crippen molar-refractivity contribution < 1.29 is 13.2 Å². The Morgan fingerprint density at radius 3 is 2.21 bits per heavy atom. The van der Waals surface area contributed by atoms with Crippen LogP contribution in [0.3, 0.4) is 0 Å². The van der Waals surface area contributed by atoms with Gasteiger partial charge < -0.3 is 5.32 Å². The number of hydrogen-bond donors (Lipinski definition) is 1. The predicted octanol–water partition coefficient (Wildman–Crippen LogP) is 5.76. The minimum atomic E-state index is -3.95. The largest absolute Gasteiger partial charge is 0.348 e. The summed E-state index contributed by atoms with van der Waals surface area (Å²) >= 11 is 3.40. The normalized spacial score (nSPS) is 12.3. The van der Waals surface area contributed by atoms with Crippen molar-refractivity contribution in [1.82, 2.24) is 5.32 Å². The average Bonchev–Trinajstić information content (AvgIpc) is 2.74. The van der Waals surface area contributed by atoms with Gasteiger partial charge in [0.25, 0.3) is 10.0 Å². The smallest absolute Gasteiger partial charge is 0.264 e. The molecule has 3 rings (SSSR count). The highest BCUT2D eigenvalue weighted by atomic mass is 79.9. The van der Waals surface area contributed by atoms with Gasteiger partial charge in [-0.25, -0.2) is 8.42 Å². The predicted molar refractivity (Wildman–Crippen MR) is 137 cm³/mol. The first-order chi connectivity index (χ1) is 15.5. The summed E-state index contributed by atoms with van der Waals surface area (Å²) in [6.07, 6.45) is 0. The Balaban J connectivity index is 1.91. The summed E-state index contributed by atoms with van der Waals surface area (Å²) in [7, 11) is -3.95. The van der Waals surface area contributed by atoms with Gasteiger partial charge in [0.1, 0.15) is 6.54 Å². The van der Waals surface area contributed by atoms with Gasteiger partial charge in [-0.3, -0.25) is 9.10 Å². The van der Waals surface area contributed by atoms with E-state index in [2.05, 4.69) is 40.3 Å². The zero-order valence-electron chi connectivity index (χ0n) is 19.5. The Bertz CT molecular complexity index is 1270. The Morgan fingerprint density at radius 2 is 1.58 bits per heavy atom. The summed E-state index contributed by atoms with van der Waals surface area (Å²) in [6, 6.07) is 17.5. The molecule has 5 nitrogen and oxygen atoms in total. The third-order valence-corrected chi connectivity index (χ3v) is 8.00. The maximum Gasteiger partial charge on any atom is 0.264 e. The molecule has 0 saturated carbocycles. The Kier molecular flexibility index (Phi) is 7.65. The molecule has 1 amide bonds. The zero-order chi connectivity index (χ0) is 24.3. The van der Waals surface area contributed by atoms with Crippen LogP contribution in [0.15, 0.2) is 70.0 Å². The molecule has 0 heterocycles. The fourth-order valence-electron chi connectivity index (χ4n) is 3.73. The summed E-state index contributed by atoms with van der Waals surface area (Å²) in [5, 5.41) is 2.97. The summed E-state index contributed by atoms with van der Waals surface area (Å²) in [5.41, 5.74) is 5.81. The van der Waals surface area contributed by atoms with Crippen LogP contribution >= 0.6 is 15.9 Å². The molecule has 0 aliphatic heterocycles. The molecule has 0 saturated heterocycles. The lowest BCUT2D eigenvalue weighted by atomic mass is 9.96. The number of halogens is 1. The van der Waals surface area contributed by atoms with Gasteiger partial charge in [0.05, 0.1) is 16.6 Å². The van der Waals surface area contributed by atoms with E-state index in [1.165, 1.54) is 5.56 Å².